The maximum atomic E-state index is 11.3. The standard InChI is InChI=1S/C21H23NO3/c1-25-19-7-6-16(20(23)24)12-17(19)14-2-4-15(5-3-14)18-8-9-21(18)10-11-22-13-21/h2-7,12,18,22H,8-11,13H2,1H3,(H,23,24). The van der Waals surface area contributed by atoms with Gasteiger partial charge in [-0.3, -0.25) is 0 Å². The van der Waals surface area contributed by atoms with Crippen LogP contribution < -0.4 is 10.1 Å². The van der Waals surface area contributed by atoms with Gasteiger partial charge in [-0.1, -0.05) is 24.3 Å². The lowest BCUT2D eigenvalue weighted by Crippen LogP contribution is -2.40. The molecular weight excluding hydrogens is 314 g/mol. The van der Waals surface area contributed by atoms with Gasteiger partial charge in [-0.25, -0.2) is 4.79 Å². The number of carboxylic acid groups (broad SMARTS) is 1. The van der Waals surface area contributed by atoms with Crippen molar-refractivity contribution in [1.29, 1.82) is 0 Å². The molecule has 2 aliphatic rings. The van der Waals surface area contributed by atoms with Crippen molar-refractivity contribution < 1.29 is 14.6 Å². The Bertz CT molecular complexity index is 791. The quantitative estimate of drug-likeness (QED) is 0.888. The number of methoxy groups -OCH3 is 1. The highest BCUT2D eigenvalue weighted by molar-refractivity contribution is 5.90. The summed E-state index contributed by atoms with van der Waals surface area (Å²) < 4.78 is 5.42. The van der Waals surface area contributed by atoms with Crippen LogP contribution in [0.25, 0.3) is 11.1 Å². The molecule has 2 unspecified atom stereocenters. The first-order valence-electron chi connectivity index (χ1n) is 8.85. The van der Waals surface area contributed by atoms with Crippen LogP contribution in [0.3, 0.4) is 0 Å². The van der Waals surface area contributed by atoms with E-state index in [0.29, 0.717) is 17.1 Å². The van der Waals surface area contributed by atoms with E-state index in [1.54, 1.807) is 25.3 Å². The Hall–Kier alpha value is -2.33. The summed E-state index contributed by atoms with van der Waals surface area (Å²) >= 11 is 0. The van der Waals surface area contributed by atoms with Crippen molar-refractivity contribution in [3.63, 3.8) is 0 Å². The second-order valence-corrected chi connectivity index (χ2v) is 7.22. The lowest BCUT2D eigenvalue weighted by atomic mass is 9.57. The number of ether oxygens (including phenoxy) is 1. The Morgan fingerprint density at radius 1 is 1.20 bits per heavy atom. The molecule has 2 aromatic carbocycles. The van der Waals surface area contributed by atoms with Gasteiger partial charge in [-0.05, 0) is 66.5 Å². The summed E-state index contributed by atoms with van der Waals surface area (Å²) in [7, 11) is 1.61. The number of benzene rings is 2. The van der Waals surface area contributed by atoms with Gasteiger partial charge in [0, 0.05) is 12.1 Å². The van der Waals surface area contributed by atoms with E-state index in [0.717, 1.165) is 24.2 Å². The average Bonchev–Trinajstić information content (AvgIpc) is 3.13. The molecule has 0 radical (unpaired) electrons. The first-order valence-corrected chi connectivity index (χ1v) is 8.85. The van der Waals surface area contributed by atoms with Crippen molar-refractivity contribution >= 4 is 5.97 Å². The molecule has 1 saturated carbocycles. The maximum absolute atomic E-state index is 11.3. The fourth-order valence-corrected chi connectivity index (χ4v) is 4.45. The van der Waals surface area contributed by atoms with Crippen molar-refractivity contribution in [3.8, 4) is 16.9 Å². The molecule has 0 aromatic heterocycles. The van der Waals surface area contributed by atoms with E-state index in [-0.39, 0.29) is 5.56 Å². The van der Waals surface area contributed by atoms with E-state index in [1.165, 1.54) is 24.8 Å². The summed E-state index contributed by atoms with van der Waals surface area (Å²) in [6.45, 7) is 2.27. The number of hydrogen-bond donors (Lipinski definition) is 2. The van der Waals surface area contributed by atoms with E-state index < -0.39 is 5.97 Å². The summed E-state index contributed by atoms with van der Waals surface area (Å²) in [5.74, 6) is 0.410. The van der Waals surface area contributed by atoms with Crippen molar-refractivity contribution in [2.45, 2.75) is 25.2 Å². The zero-order chi connectivity index (χ0) is 17.4. The molecule has 1 spiro atoms. The van der Waals surface area contributed by atoms with Crippen molar-refractivity contribution in [3.05, 3.63) is 53.6 Å². The number of carboxylic acids is 1. The predicted octanol–water partition coefficient (Wildman–Crippen LogP) is 3.92. The second-order valence-electron chi connectivity index (χ2n) is 7.22. The van der Waals surface area contributed by atoms with Crippen molar-refractivity contribution in [1.82, 2.24) is 5.32 Å². The topological polar surface area (TPSA) is 58.6 Å². The third kappa shape index (κ3) is 2.71. The van der Waals surface area contributed by atoms with E-state index in [2.05, 4.69) is 29.6 Å². The maximum Gasteiger partial charge on any atom is 0.335 e. The Labute approximate surface area is 147 Å². The van der Waals surface area contributed by atoms with Crippen molar-refractivity contribution in [2.75, 3.05) is 20.2 Å². The summed E-state index contributed by atoms with van der Waals surface area (Å²) in [4.78, 5) is 11.3. The summed E-state index contributed by atoms with van der Waals surface area (Å²) in [6, 6.07) is 13.6. The van der Waals surface area contributed by atoms with Gasteiger partial charge in [0.05, 0.1) is 12.7 Å². The van der Waals surface area contributed by atoms with Crippen LogP contribution in [0.4, 0.5) is 0 Å². The molecule has 2 atom stereocenters. The molecular formula is C21H23NO3. The SMILES string of the molecule is COc1ccc(C(=O)O)cc1-c1ccc(C2CCC23CCNC3)cc1. The van der Waals surface area contributed by atoms with Gasteiger partial charge >= 0.3 is 5.97 Å². The van der Waals surface area contributed by atoms with Gasteiger partial charge in [-0.15, -0.1) is 0 Å². The molecule has 1 saturated heterocycles. The van der Waals surface area contributed by atoms with E-state index >= 15 is 0 Å². The van der Waals surface area contributed by atoms with Gasteiger partial charge in [0.25, 0.3) is 0 Å². The van der Waals surface area contributed by atoms with Crippen LogP contribution in [0.5, 0.6) is 5.75 Å². The Morgan fingerprint density at radius 2 is 2.00 bits per heavy atom. The molecule has 1 aliphatic heterocycles. The van der Waals surface area contributed by atoms with Gasteiger partial charge in [-0.2, -0.15) is 0 Å². The third-order valence-corrected chi connectivity index (χ3v) is 6.02. The highest BCUT2D eigenvalue weighted by Crippen LogP contribution is 2.56. The molecule has 2 fully saturated rings. The molecule has 0 amide bonds. The molecule has 4 nitrogen and oxygen atoms in total. The number of hydrogen-bond acceptors (Lipinski definition) is 3. The number of carbonyl (C=O) groups is 1. The second kappa shape index (κ2) is 6.19. The van der Waals surface area contributed by atoms with Crippen LogP contribution in [0.2, 0.25) is 0 Å². The molecule has 1 heterocycles. The fraction of sp³-hybridized carbons (Fsp3) is 0.381. The van der Waals surface area contributed by atoms with E-state index in [9.17, 15) is 9.90 Å². The lowest BCUT2D eigenvalue weighted by molar-refractivity contribution is 0.0697. The minimum Gasteiger partial charge on any atom is -0.496 e. The molecule has 0 bridgehead atoms. The summed E-state index contributed by atoms with van der Waals surface area (Å²) in [5, 5.41) is 12.8. The molecule has 1 aliphatic carbocycles. The van der Waals surface area contributed by atoms with Crippen LogP contribution in [-0.4, -0.2) is 31.3 Å². The fourth-order valence-electron chi connectivity index (χ4n) is 4.45. The molecule has 2 N–H and O–H groups in total. The number of nitrogens with one attached hydrogen (secondary N) is 1. The van der Waals surface area contributed by atoms with E-state index in [4.69, 9.17) is 4.74 Å². The minimum absolute atomic E-state index is 0.273. The van der Waals surface area contributed by atoms with E-state index in [1.807, 2.05) is 0 Å². The van der Waals surface area contributed by atoms with Crippen LogP contribution in [0.15, 0.2) is 42.5 Å². The average molecular weight is 337 g/mol. The molecule has 130 valence electrons. The van der Waals surface area contributed by atoms with Gasteiger partial charge in [0.1, 0.15) is 5.75 Å². The van der Waals surface area contributed by atoms with Gasteiger partial charge in [0.2, 0.25) is 0 Å². The predicted molar refractivity (Wildman–Crippen MR) is 97.3 cm³/mol. The first-order chi connectivity index (χ1) is 12.1. The van der Waals surface area contributed by atoms with Crippen LogP contribution in [-0.2, 0) is 0 Å². The monoisotopic (exact) mass is 337 g/mol. The van der Waals surface area contributed by atoms with Crippen molar-refractivity contribution in [2.24, 2.45) is 5.41 Å². The molecule has 25 heavy (non-hydrogen) atoms. The Kier molecular flexibility index (Phi) is 4.00. The molecule has 2 aromatic rings. The normalized spacial score (nSPS) is 24.9. The van der Waals surface area contributed by atoms with Crippen LogP contribution >= 0.6 is 0 Å². The lowest BCUT2D eigenvalue weighted by Gasteiger charge is -2.47. The third-order valence-electron chi connectivity index (χ3n) is 6.02. The van der Waals surface area contributed by atoms with Gasteiger partial charge in [0.15, 0.2) is 0 Å². The summed E-state index contributed by atoms with van der Waals surface area (Å²) in [6.07, 6.45) is 3.85. The number of aromatic carboxylic acids is 1. The minimum atomic E-state index is -0.925. The number of rotatable bonds is 4. The molecule has 4 heteroatoms. The van der Waals surface area contributed by atoms with Crippen LogP contribution in [0, 0.1) is 5.41 Å². The largest absolute Gasteiger partial charge is 0.496 e. The zero-order valence-electron chi connectivity index (χ0n) is 14.4. The summed E-state index contributed by atoms with van der Waals surface area (Å²) in [5.41, 5.74) is 3.94. The smallest absolute Gasteiger partial charge is 0.335 e. The highest BCUT2D eigenvalue weighted by atomic mass is 16.5. The Morgan fingerprint density at radius 3 is 2.56 bits per heavy atom. The highest BCUT2D eigenvalue weighted by Gasteiger charge is 2.48. The first kappa shape index (κ1) is 16.2. The zero-order valence-corrected chi connectivity index (χ0v) is 14.4. The van der Waals surface area contributed by atoms with Gasteiger partial charge < -0.3 is 15.2 Å². The molecule has 4 rings (SSSR count). The Balaban J connectivity index is 1.64. The van der Waals surface area contributed by atoms with Crippen LogP contribution in [0.1, 0.15) is 41.1 Å².